The number of rotatable bonds is 4. The average molecular weight is 465 g/mol. The molecule has 2 aromatic carbocycles. The van der Waals surface area contributed by atoms with E-state index in [1.165, 1.54) is 29.5 Å². The molecule has 0 spiro atoms. The van der Waals surface area contributed by atoms with Gasteiger partial charge in [0.1, 0.15) is 5.82 Å². The lowest BCUT2D eigenvalue weighted by molar-refractivity contribution is -0.129. The van der Waals surface area contributed by atoms with Crippen LogP contribution in [-0.2, 0) is 4.79 Å². The minimum atomic E-state index is -1.30. The van der Waals surface area contributed by atoms with E-state index in [4.69, 9.17) is 5.73 Å². The summed E-state index contributed by atoms with van der Waals surface area (Å²) in [4.78, 5) is 21.0. The Kier molecular flexibility index (Phi) is 5.82. The van der Waals surface area contributed by atoms with Crippen LogP contribution in [0.1, 0.15) is 35.8 Å². The van der Waals surface area contributed by atoms with Crippen LogP contribution in [0.5, 0.6) is 0 Å². The van der Waals surface area contributed by atoms with Crippen molar-refractivity contribution in [3.63, 3.8) is 0 Å². The molecule has 32 heavy (non-hydrogen) atoms. The Balaban J connectivity index is 1.88. The maximum Gasteiger partial charge on any atom is 0.355 e. The SMILES string of the molecule is CC(N)=C(C(=Nc1nc2c(s1)SC(C)c1cccc(C#N)c1-2)C(=O)O)c1cccc(F)c1. The summed E-state index contributed by atoms with van der Waals surface area (Å²) in [5.41, 5.74) is 9.17. The van der Waals surface area contributed by atoms with E-state index in [1.54, 1.807) is 30.8 Å². The molecule has 2 heterocycles. The normalized spacial score (nSPS) is 15.9. The van der Waals surface area contributed by atoms with E-state index in [0.717, 1.165) is 15.3 Å². The van der Waals surface area contributed by atoms with Gasteiger partial charge in [0.05, 0.1) is 21.5 Å². The van der Waals surface area contributed by atoms with Crippen LogP contribution in [0, 0.1) is 17.1 Å². The molecule has 1 aliphatic rings. The number of allylic oxidation sites excluding steroid dienone is 1. The Hall–Kier alpha value is -3.48. The lowest BCUT2D eigenvalue weighted by atomic mass is 9.97. The number of carboxylic acids is 1. The molecule has 4 rings (SSSR count). The Labute approximate surface area is 192 Å². The first kappa shape index (κ1) is 21.7. The van der Waals surface area contributed by atoms with E-state index in [-0.39, 0.29) is 27.4 Å². The van der Waals surface area contributed by atoms with Gasteiger partial charge in [0.2, 0.25) is 5.13 Å². The second-order valence-corrected chi connectivity index (χ2v) is 9.70. The quantitative estimate of drug-likeness (QED) is 0.491. The third-order valence-corrected chi connectivity index (χ3v) is 7.21. The maximum absolute atomic E-state index is 13.8. The molecule has 0 saturated carbocycles. The number of nitriles is 1. The van der Waals surface area contributed by atoms with Crippen molar-refractivity contribution in [3.8, 4) is 17.3 Å². The molecule has 3 aromatic rings. The molecule has 6 nitrogen and oxygen atoms in total. The number of aliphatic carboxylic acids is 1. The predicted octanol–water partition coefficient (Wildman–Crippen LogP) is 5.53. The number of carboxylic acid groups (broad SMARTS) is 1. The van der Waals surface area contributed by atoms with Gasteiger partial charge in [-0.1, -0.05) is 35.6 Å². The smallest absolute Gasteiger partial charge is 0.355 e. The summed E-state index contributed by atoms with van der Waals surface area (Å²) >= 11 is 2.84. The van der Waals surface area contributed by atoms with E-state index >= 15 is 0 Å². The summed E-state index contributed by atoms with van der Waals surface area (Å²) in [5, 5.41) is 19.8. The van der Waals surface area contributed by atoms with Crippen molar-refractivity contribution >= 4 is 45.5 Å². The molecule has 0 fully saturated rings. The summed E-state index contributed by atoms with van der Waals surface area (Å²) in [7, 11) is 0. The van der Waals surface area contributed by atoms with Crippen LogP contribution in [0.25, 0.3) is 16.8 Å². The van der Waals surface area contributed by atoms with Crippen LogP contribution in [0.2, 0.25) is 0 Å². The number of fused-ring (bicyclic) bond motifs is 3. The number of carbonyl (C=O) groups is 1. The van der Waals surface area contributed by atoms with Gasteiger partial charge in [0.25, 0.3) is 0 Å². The zero-order valence-corrected chi connectivity index (χ0v) is 18.7. The standard InChI is InChI=1S/C23H17FN4O2S2/c1-11(26)17(13-5-3-7-15(24)9-13)19(21(29)30)27-23-28-20-18-14(10-25)6-4-8-16(18)12(2)31-22(20)32-23/h3-9,12H,26H2,1-2H3,(H,29,30). The number of thiazole rings is 1. The molecule has 1 unspecified atom stereocenters. The first-order valence-corrected chi connectivity index (χ1v) is 11.2. The molecule has 0 aliphatic carbocycles. The highest BCUT2D eigenvalue weighted by Crippen LogP contribution is 2.53. The second kappa shape index (κ2) is 8.57. The first-order valence-electron chi connectivity index (χ1n) is 9.55. The Morgan fingerprint density at radius 2 is 2.06 bits per heavy atom. The molecule has 1 aliphatic heterocycles. The van der Waals surface area contributed by atoms with Crippen LogP contribution in [0.4, 0.5) is 9.52 Å². The molecule has 0 radical (unpaired) electrons. The molecule has 3 N–H and O–H groups in total. The second-order valence-electron chi connectivity index (χ2n) is 7.11. The monoisotopic (exact) mass is 464 g/mol. The van der Waals surface area contributed by atoms with Gasteiger partial charge in [0, 0.05) is 22.1 Å². The fraction of sp³-hybridized carbons (Fsp3) is 0.130. The topological polar surface area (TPSA) is 112 Å². The highest BCUT2D eigenvalue weighted by molar-refractivity contribution is 8.01. The molecule has 9 heteroatoms. The van der Waals surface area contributed by atoms with Crippen molar-refractivity contribution in [1.29, 1.82) is 5.26 Å². The summed E-state index contributed by atoms with van der Waals surface area (Å²) < 4.78 is 14.7. The maximum atomic E-state index is 13.8. The van der Waals surface area contributed by atoms with Gasteiger partial charge in [-0.05, 0) is 43.2 Å². The van der Waals surface area contributed by atoms with Gasteiger partial charge >= 0.3 is 5.97 Å². The number of thioether (sulfide) groups is 1. The van der Waals surface area contributed by atoms with E-state index in [2.05, 4.69) is 16.0 Å². The third kappa shape index (κ3) is 3.90. The van der Waals surface area contributed by atoms with Crippen molar-refractivity contribution in [3.05, 3.63) is 70.7 Å². The zero-order chi connectivity index (χ0) is 23.0. The van der Waals surface area contributed by atoms with Crippen LogP contribution in [0.15, 0.2) is 57.4 Å². The molecule has 0 amide bonds. The summed E-state index contributed by atoms with van der Waals surface area (Å²) in [6, 6.07) is 13.3. The van der Waals surface area contributed by atoms with Gasteiger partial charge in [-0.25, -0.2) is 19.2 Å². The summed E-state index contributed by atoms with van der Waals surface area (Å²) in [6.07, 6.45) is 0. The number of halogens is 1. The molecular formula is C23H17FN4O2S2. The predicted molar refractivity (Wildman–Crippen MR) is 124 cm³/mol. The number of aromatic nitrogens is 1. The number of hydrogen-bond acceptors (Lipinski definition) is 7. The summed E-state index contributed by atoms with van der Waals surface area (Å²) in [5.74, 6) is -1.82. The minimum Gasteiger partial charge on any atom is -0.476 e. The van der Waals surface area contributed by atoms with Gasteiger partial charge in [-0.15, -0.1) is 11.8 Å². The number of aliphatic imine (C=N–C) groups is 1. The lowest BCUT2D eigenvalue weighted by Gasteiger charge is -2.21. The largest absolute Gasteiger partial charge is 0.476 e. The first-order chi connectivity index (χ1) is 15.3. The summed E-state index contributed by atoms with van der Waals surface area (Å²) in [6.45, 7) is 3.58. The lowest BCUT2D eigenvalue weighted by Crippen LogP contribution is -2.18. The van der Waals surface area contributed by atoms with Crippen molar-refractivity contribution < 1.29 is 14.3 Å². The zero-order valence-electron chi connectivity index (χ0n) is 17.1. The van der Waals surface area contributed by atoms with Crippen LogP contribution in [0.3, 0.4) is 0 Å². The van der Waals surface area contributed by atoms with Crippen molar-refractivity contribution in [2.45, 2.75) is 23.3 Å². The van der Waals surface area contributed by atoms with Crippen molar-refractivity contribution in [1.82, 2.24) is 4.98 Å². The molecule has 0 saturated heterocycles. The highest BCUT2D eigenvalue weighted by atomic mass is 32.2. The molecule has 160 valence electrons. The number of nitrogens with two attached hydrogens (primary N) is 1. The van der Waals surface area contributed by atoms with Crippen LogP contribution < -0.4 is 5.73 Å². The van der Waals surface area contributed by atoms with E-state index in [1.807, 2.05) is 19.1 Å². The van der Waals surface area contributed by atoms with Crippen LogP contribution in [-0.4, -0.2) is 21.8 Å². The van der Waals surface area contributed by atoms with Crippen LogP contribution >= 0.6 is 23.1 Å². The van der Waals surface area contributed by atoms with Crippen molar-refractivity contribution in [2.75, 3.05) is 0 Å². The molecule has 1 aromatic heterocycles. The fourth-order valence-corrected chi connectivity index (χ4v) is 6.01. The van der Waals surface area contributed by atoms with Crippen molar-refractivity contribution in [2.24, 2.45) is 10.7 Å². The van der Waals surface area contributed by atoms with E-state index in [0.29, 0.717) is 16.8 Å². The Bertz CT molecular complexity index is 1350. The third-order valence-electron chi connectivity index (χ3n) is 4.91. The van der Waals surface area contributed by atoms with Gasteiger partial charge < -0.3 is 10.8 Å². The number of benzene rings is 2. The molecule has 1 atom stereocenters. The minimum absolute atomic E-state index is 0.107. The van der Waals surface area contributed by atoms with E-state index in [9.17, 15) is 19.6 Å². The van der Waals surface area contributed by atoms with Gasteiger partial charge in [0.15, 0.2) is 5.71 Å². The van der Waals surface area contributed by atoms with E-state index < -0.39 is 11.8 Å². The number of nitrogens with zero attached hydrogens (tertiary/aromatic N) is 3. The Morgan fingerprint density at radius 3 is 2.72 bits per heavy atom. The fourth-order valence-electron chi connectivity index (χ4n) is 3.57. The highest BCUT2D eigenvalue weighted by Gasteiger charge is 2.29. The Morgan fingerprint density at radius 1 is 1.31 bits per heavy atom. The molecule has 0 bridgehead atoms. The van der Waals surface area contributed by atoms with Gasteiger partial charge in [-0.2, -0.15) is 5.26 Å². The van der Waals surface area contributed by atoms with Gasteiger partial charge in [-0.3, -0.25) is 0 Å². The molecular weight excluding hydrogens is 447 g/mol. The number of hydrogen-bond donors (Lipinski definition) is 2. The average Bonchev–Trinajstić information content (AvgIpc) is 3.15.